The Morgan fingerprint density at radius 1 is 1.35 bits per heavy atom. The van der Waals surface area contributed by atoms with Gasteiger partial charge in [0.2, 0.25) is 5.91 Å². The largest absolute Gasteiger partial charge is 0.504 e. The summed E-state index contributed by atoms with van der Waals surface area (Å²) in [6.07, 6.45) is 1.39. The number of nitrogens with zero attached hydrogens (tertiary/aromatic N) is 2. The van der Waals surface area contributed by atoms with Crippen LogP contribution in [-0.4, -0.2) is 20.9 Å². The molecular weight excluding hydrogens is 262 g/mol. The van der Waals surface area contributed by atoms with Crippen molar-refractivity contribution in [3.8, 4) is 5.75 Å². The van der Waals surface area contributed by atoms with Crippen LogP contribution in [0.1, 0.15) is 5.56 Å². The van der Waals surface area contributed by atoms with Crippen LogP contribution < -0.4 is 5.32 Å². The molecule has 0 fully saturated rings. The fourth-order valence-corrected chi connectivity index (χ4v) is 1.63. The van der Waals surface area contributed by atoms with E-state index in [-0.39, 0.29) is 23.7 Å². The van der Waals surface area contributed by atoms with Gasteiger partial charge in [0.15, 0.2) is 11.6 Å². The number of hydrogen-bond donors (Lipinski definition) is 2. The van der Waals surface area contributed by atoms with E-state index in [1.165, 1.54) is 36.5 Å². The highest BCUT2D eigenvalue weighted by atomic mass is 16.6. The third kappa shape index (κ3) is 3.29. The highest BCUT2D eigenvalue weighted by Gasteiger charge is 2.11. The van der Waals surface area contributed by atoms with Crippen LogP contribution in [-0.2, 0) is 11.2 Å². The molecule has 0 aliphatic carbocycles. The average Bonchev–Trinajstić information content (AvgIpc) is 2.41. The summed E-state index contributed by atoms with van der Waals surface area (Å²) in [5.74, 6) is -0.498. The van der Waals surface area contributed by atoms with Crippen LogP contribution in [0.5, 0.6) is 5.75 Å². The van der Waals surface area contributed by atoms with Gasteiger partial charge >= 0.3 is 0 Å². The smallest absolute Gasteiger partial charge is 0.269 e. The molecule has 0 unspecified atom stereocenters. The van der Waals surface area contributed by atoms with Gasteiger partial charge in [0, 0.05) is 18.3 Å². The van der Waals surface area contributed by atoms with Crippen LogP contribution in [0, 0.1) is 10.1 Å². The third-order valence-corrected chi connectivity index (χ3v) is 2.53. The number of nitro groups is 1. The first-order valence-electron chi connectivity index (χ1n) is 5.73. The molecular formula is C13H11N3O4. The molecule has 7 nitrogen and oxygen atoms in total. The maximum Gasteiger partial charge on any atom is 0.269 e. The number of anilines is 1. The number of hydrogen-bond acceptors (Lipinski definition) is 5. The molecule has 2 aromatic rings. The van der Waals surface area contributed by atoms with Crippen LogP contribution in [0.15, 0.2) is 42.6 Å². The van der Waals surface area contributed by atoms with E-state index >= 15 is 0 Å². The fourth-order valence-electron chi connectivity index (χ4n) is 1.63. The molecule has 1 aromatic carbocycles. The van der Waals surface area contributed by atoms with Crippen molar-refractivity contribution >= 4 is 17.4 Å². The fraction of sp³-hybridized carbons (Fsp3) is 0.0769. The number of aromatic nitrogens is 1. The zero-order valence-electron chi connectivity index (χ0n) is 10.3. The summed E-state index contributed by atoms with van der Waals surface area (Å²) in [6.45, 7) is 0. The van der Waals surface area contributed by atoms with E-state index in [1.807, 2.05) is 0 Å². The Hall–Kier alpha value is -2.96. The maximum atomic E-state index is 11.8. The lowest BCUT2D eigenvalue weighted by Crippen LogP contribution is -2.15. The highest BCUT2D eigenvalue weighted by Crippen LogP contribution is 2.19. The topological polar surface area (TPSA) is 105 Å². The van der Waals surface area contributed by atoms with Gasteiger partial charge in [0.05, 0.1) is 11.3 Å². The van der Waals surface area contributed by atoms with E-state index in [9.17, 15) is 20.0 Å². The maximum absolute atomic E-state index is 11.8. The summed E-state index contributed by atoms with van der Waals surface area (Å²) < 4.78 is 0. The van der Waals surface area contributed by atoms with Crippen molar-refractivity contribution < 1.29 is 14.8 Å². The highest BCUT2D eigenvalue weighted by molar-refractivity contribution is 5.92. The van der Waals surface area contributed by atoms with E-state index < -0.39 is 10.8 Å². The zero-order valence-corrected chi connectivity index (χ0v) is 10.3. The molecule has 0 saturated heterocycles. The van der Waals surface area contributed by atoms with Crippen molar-refractivity contribution in [3.63, 3.8) is 0 Å². The molecule has 7 heteroatoms. The second kappa shape index (κ2) is 5.79. The zero-order chi connectivity index (χ0) is 14.5. The quantitative estimate of drug-likeness (QED) is 0.653. The second-order valence-electron chi connectivity index (χ2n) is 4.02. The Morgan fingerprint density at radius 3 is 2.85 bits per heavy atom. The van der Waals surface area contributed by atoms with Crippen molar-refractivity contribution in [2.45, 2.75) is 6.42 Å². The molecule has 0 atom stereocenters. The molecule has 1 amide bonds. The number of nitro benzene ring substituents is 1. The van der Waals surface area contributed by atoms with Gasteiger partial charge in [-0.25, -0.2) is 4.98 Å². The van der Waals surface area contributed by atoms with Crippen molar-refractivity contribution in [2.75, 3.05) is 5.32 Å². The standard InChI is InChI=1S/C13H11N3O4/c17-11-5-2-6-14-13(11)15-12(18)8-9-3-1-4-10(7-9)16(19)20/h1-7,17H,8H2,(H,14,15,18). The lowest BCUT2D eigenvalue weighted by atomic mass is 10.1. The molecule has 2 N–H and O–H groups in total. The van der Waals surface area contributed by atoms with Crippen LogP contribution in [0.4, 0.5) is 11.5 Å². The number of rotatable bonds is 4. The van der Waals surface area contributed by atoms with Crippen LogP contribution in [0.3, 0.4) is 0 Å². The molecule has 1 aromatic heterocycles. The average molecular weight is 273 g/mol. The predicted molar refractivity (Wildman–Crippen MR) is 71.3 cm³/mol. The molecule has 0 bridgehead atoms. The normalized spacial score (nSPS) is 10.0. The lowest BCUT2D eigenvalue weighted by molar-refractivity contribution is -0.384. The lowest BCUT2D eigenvalue weighted by Gasteiger charge is -2.05. The van der Waals surface area contributed by atoms with Crippen LogP contribution in [0.25, 0.3) is 0 Å². The molecule has 2 rings (SSSR count). The van der Waals surface area contributed by atoms with Crippen molar-refractivity contribution in [1.82, 2.24) is 4.98 Å². The summed E-state index contributed by atoms with van der Waals surface area (Å²) in [5, 5.41) is 22.5. The summed E-state index contributed by atoms with van der Waals surface area (Å²) in [6, 6.07) is 8.75. The van der Waals surface area contributed by atoms with Gasteiger partial charge in [-0.1, -0.05) is 12.1 Å². The summed E-state index contributed by atoms with van der Waals surface area (Å²) >= 11 is 0. The number of carbonyl (C=O) groups is 1. The Labute approximate surface area is 114 Å². The number of carbonyl (C=O) groups excluding carboxylic acids is 1. The summed E-state index contributed by atoms with van der Waals surface area (Å²) in [4.78, 5) is 25.7. The first-order valence-corrected chi connectivity index (χ1v) is 5.73. The van der Waals surface area contributed by atoms with Gasteiger partial charge in [-0.2, -0.15) is 0 Å². The number of amides is 1. The summed E-state index contributed by atoms with van der Waals surface area (Å²) in [5.41, 5.74) is 0.433. The minimum absolute atomic E-state index is 0.0440. The first-order chi connectivity index (χ1) is 9.56. The minimum atomic E-state index is -0.522. The van der Waals surface area contributed by atoms with Gasteiger partial charge in [-0.15, -0.1) is 0 Å². The van der Waals surface area contributed by atoms with Crippen molar-refractivity contribution in [2.24, 2.45) is 0 Å². The Balaban J connectivity index is 2.07. The number of pyridine rings is 1. The number of non-ortho nitro benzene ring substituents is 1. The van der Waals surface area contributed by atoms with E-state index in [2.05, 4.69) is 10.3 Å². The first kappa shape index (κ1) is 13.5. The van der Waals surface area contributed by atoms with Crippen LogP contribution in [0.2, 0.25) is 0 Å². The predicted octanol–water partition coefficient (Wildman–Crippen LogP) is 1.88. The number of nitrogens with one attached hydrogen (secondary N) is 1. The molecule has 102 valence electrons. The monoisotopic (exact) mass is 273 g/mol. The van der Waals surface area contributed by atoms with Crippen LogP contribution >= 0.6 is 0 Å². The molecule has 0 spiro atoms. The van der Waals surface area contributed by atoms with Gasteiger partial charge in [-0.05, 0) is 17.7 Å². The second-order valence-corrected chi connectivity index (χ2v) is 4.02. The van der Waals surface area contributed by atoms with Gasteiger partial charge in [0.25, 0.3) is 5.69 Å². The molecule has 0 saturated carbocycles. The van der Waals surface area contributed by atoms with Crippen molar-refractivity contribution in [3.05, 3.63) is 58.3 Å². The Bertz CT molecular complexity index is 658. The molecule has 0 aliphatic heterocycles. The molecule has 0 aliphatic rings. The SMILES string of the molecule is O=C(Cc1cccc([N+](=O)[O-])c1)Nc1ncccc1O. The number of benzene rings is 1. The number of aromatic hydroxyl groups is 1. The van der Waals surface area contributed by atoms with Gasteiger partial charge < -0.3 is 10.4 Å². The molecule has 1 heterocycles. The van der Waals surface area contributed by atoms with Gasteiger partial charge in [0.1, 0.15) is 0 Å². The molecule has 0 radical (unpaired) electrons. The minimum Gasteiger partial charge on any atom is -0.504 e. The van der Waals surface area contributed by atoms with E-state index in [0.717, 1.165) is 0 Å². The Kier molecular flexibility index (Phi) is 3.90. The third-order valence-electron chi connectivity index (χ3n) is 2.53. The van der Waals surface area contributed by atoms with E-state index in [4.69, 9.17) is 0 Å². The summed E-state index contributed by atoms with van der Waals surface area (Å²) in [7, 11) is 0. The molecule has 20 heavy (non-hydrogen) atoms. The van der Waals surface area contributed by atoms with Gasteiger partial charge in [-0.3, -0.25) is 14.9 Å². The van der Waals surface area contributed by atoms with Crippen molar-refractivity contribution in [1.29, 1.82) is 0 Å². The van der Waals surface area contributed by atoms with E-state index in [1.54, 1.807) is 6.07 Å². The van der Waals surface area contributed by atoms with E-state index in [0.29, 0.717) is 5.56 Å². The Morgan fingerprint density at radius 2 is 2.15 bits per heavy atom.